The third-order valence-electron chi connectivity index (χ3n) is 4.21. The zero-order valence-electron chi connectivity index (χ0n) is 16.0. The topological polar surface area (TPSA) is 60.5 Å². The van der Waals surface area contributed by atoms with E-state index >= 15 is 0 Å². The lowest BCUT2D eigenvalue weighted by atomic mass is 10.1. The van der Waals surface area contributed by atoms with Crippen molar-refractivity contribution in [3.63, 3.8) is 0 Å². The number of aryl methyl sites for hydroxylation is 1. The lowest BCUT2D eigenvalue weighted by molar-refractivity contribution is -0.116. The molecular formula is C21H20F2N2O3S. The van der Waals surface area contributed by atoms with Crippen molar-refractivity contribution < 1.29 is 23.0 Å². The Kier molecular flexibility index (Phi) is 6.77. The van der Waals surface area contributed by atoms with E-state index in [2.05, 4.69) is 10.3 Å². The van der Waals surface area contributed by atoms with Crippen LogP contribution in [0.3, 0.4) is 0 Å². The van der Waals surface area contributed by atoms with Crippen molar-refractivity contribution in [2.45, 2.75) is 19.3 Å². The first-order valence-corrected chi connectivity index (χ1v) is 9.69. The summed E-state index contributed by atoms with van der Waals surface area (Å²) < 4.78 is 37.1. The number of benzene rings is 2. The fraction of sp³-hybridized carbons (Fsp3) is 0.238. The maximum atomic E-state index is 13.3. The number of amides is 1. The molecule has 8 heteroatoms. The summed E-state index contributed by atoms with van der Waals surface area (Å²) in [5.74, 6) is -0.0402. The lowest BCUT2D eigenvalue weighted by Crippen LogP contribution is -2.12. The van der Waals surface area contributed by atoms with Crippen LogP contribution >= 0.6 is 11.3 Å². The fourth-order valence-electron chi connectivity index (χ4n) is 2.87. The van der Waals surface area contributed by atoms with Gasteiger partial charge in [0.2, 0.25) is 5.91 Å². The summed E-state index contributed by atoms with van der Waals surface area (Å²) in [6.45, 7) is 0. The molecule has 0 saturated carbocycles. The molecule has 0 atom stereocenters. The SMILES string of the molecule is COc1ccc(OC)c(CCC(=O)Nc2ncc(Cc3cc(F)cc(F)c3)s2)c1. The molecule has 0 fully saturated rings. The van der Waals surface area contributed by atoms with E-state index in [1.807, 2.05) is 6.07 Å². The number of carbonyl (C=O) groups is 1. The Morgan fingerprint density at radius 2 is 1.86 bits per heavy atom. The quantitative estimate of drug-likeness (QED) is 0.581. The van der Waals surface area contributed by atoms with Gasteiger partial charge in [-0.3, -0.25) is 4.79 Å². The van der Waals surface area contributed by atoms with Gasteiger partial charge in [-0.1, -0.05) is 0 Å². The van der Waals surface area contributed by atoms with Crippen molar-refractivity contribution in [1.29, 1.82) is 0 Å². The molecule has 0 aliphatic rings. The summed E-state index contributed by atoms with van der Waals surface area (Å²) in [5, 5.41) is 3.20. The number of rotatable bonds is 8. The smallest absolute Gasteiger partial charge is 0.226 e. The van der Waals surface area contributed by atoms with Gasteiger partial charge in [0.15, 0.2) is 5.13 Å². The highest BCUT2D eigenvalue weighted by atomic mass is 32.1. The number of carbonyl (C=O) groups excluding carboxylic acids is 1. The first kappa shape index (κ1) is 20.7. The van der Waals surface area contributed by atoms with E-state index in [0.717, 1.165) is 16.5 Å². The highest BCUT2D eigenvalue weighted by molar-refractivity contribution is 7.15. The Bertz CT molecular complexity index is 987. The predicted molar refractivity (Wildman–Crippen MR) is 108 cm³/mol. The third kappa shape index (κ3) is 5.74. The molecule has 1 amide bonds. The lowest BCUT2D eigenvalue weighted by Gasteiger charge is -2.10. The number of anilines is 1. The second-order valence-corrected chi connectivity index (χ2v) is 7.43. The molecule has 1 N–H and O–H groups in total. The van der Waals surface area contributed by atoms with Crippen LogP contribution < -0.4 is 14.8 Å². The molecule has 1 heterocycles. The maximum absolute atomic E-state index is 13.3. The molecule has 0 saturated heterocycles. The first-order valence-electron chi connectivity index (χ1n) is 8.87. The van der Waals surface area contributed by atoms with Crippen molar-refractivity contribution >= 4 is 22.4 Å². The number of nitrogens with zero attached hydrogens (tertiary/aromatic N) is 1. The minimum Gasteiger partial charge on any atom is -0.497 e. The van der Waals surface area contributed by atoms with Crippen LogP contribution in [-0.2, 0) is 17.6 Å². The molecule has 0 unspecified atom stereocenters. The summed E-state index contributed by atoms with van der Waals surface area (Å²) in [5.41, 5.74) is 1.38. The van der Waals surface area contributed by atoms with E-state index < -0.39 is 11.6 Å². The molecule has 152 valence electrons. The van der Waals surface area contributed by atoms with Gasteiger partial charge in [-0.15, -0.1) is 11.3 Å². The Morgan fingerprint density at radius 1 is 1.10 bits per heavy atom. The molecule has 3 rings (SSSR count). The van der Waals surface area contributed by atoms with Gasteiger partial charge in [-0.25, -0.2) is 13.8 Å². The van der Waals surface area contributed by atoms with Gasteiger partial charge < -0.3 is 14.8 Å². The van der Waals surface area contributed by atoms with E-state index in [1.54, 1.807) is 32.5 Å². The van der Waals surface area contributed by atoms with E-state index in [9.17, 15) is 13.6 Å². The average Bonchev–Trinajstić information content (AvgIpc) is 3.11. The normalized spacial score (nSPS) is 10.6. The minimum atomic E-state index is -0.619. The number of methoxy groups -OCH3 is 2. The van der Waals surface area contributed by atoms with Crippen LogP contribution in [0.4, 0.5) is 13.9 Å². The van der Waals surface area contributed by atoms with Gasteiger partial charge in [0.05, 0.1) is 14.2 Å². The molecule has 0 aliphatic carbocycles. The maximum Gasteiger partial charge on any atom is 0.226 e. The van der Waals surface area contributed by atoms with Gasteiger partial charge in [0.25, 0.3) is 0 Å². The molecule has 1 aromatic heterocycles. The molecule has 29 heavy (non-hydrogen) atoms. The Balaban J connectivity index is 1.58. The Morgan fingerprint density at radius 3 is 2.55 bits per heavy atom. The second-order valence-electron chi connectivity index (χ2n) is 6.31. The first-order chi connectivity index (χ1) is 14.0. The minimum absolute atomic E-state index is 0.187. The van der Waals surface area contributed by atoms with Gasteiger partial charge >= 0.3 is 0 Å². The van der Waals surface area contributed by atoms with E-state index in [1.165, 1.54) is 23.5 Å². The molecule has 0 radical (unpaired) electrons. The van der Waals surface area contributed by atoms with Crippen LogP contribution in [0.15, 0.2) is 42.6 Å². The number of hydrogen-bond acceptors (Lipinski definition) is 5. The average molecular weight is 418 g/mol. The Hall–Kier alpha value is -3.00. The van der Waals surface area contributed by atoms with Crippen LogP contribution in [0.5, 0.6) is 11.5 Å². The Labute approximate surface area is 171 Å². The van der Waals surface area contributed by atoms with Crippen molar-refractivity contribution in [3.8, 4) is 11.5 Å². The fourth-order valence-corrected chi connectivity index (χ4v) is 3.73. The number of halogens is 2. The summed E-state index contributed by atoms with van der Waals surface area (Å²) >= 11 is 1.27. The zero-order chi connectivity index (χ0) is 20.8. The van der Waals surface area contributed by atoms with Crippen LogP contribution in [0, 0.1) is 11.6 Å². The number of ether oxygens (including phenoxy) is 2. The highest BCUT2D eigenvalue weighted by Gasteiger charge is 2.11. The molecule has 5 nitrogen and oxygen atoms in total. The zero-order valence-corrected chi connectivity index (χ0v) is 16.8. The van der Waals surface area contributed by atoms with E-state index in [-0.39, 0.29) is 12.3 Å². The summed E-state index contributed by atoms with van der Waals surface area (Å²) in [6, 6.07) is 8.83. The van der Waals surface area contributed by atoms with Crippen molar-refractivity contribution in [1.82, 2.24) is 4.98 Å². The summed E-state index contributed by atoms with van der Waals surface area (Å²) in [7, 11) is 3.16. The summed E-state index contributed by atoms with van der Waals surface area (Å²) in [6.07, 6.45) is 2.65. The van der Waals surface area contributed by atoms with Gasteiger partial charge in [-0.2, -0.15) is 0 Å². The second kappa shape index (κ2) is 9.47. The molecular weight excluding hydrogens is 398 g/mol. The predicted octanol–water partition coefficient (Wildman–Crippen LogP) is 4.60. The highest BCUT2D eigenvalue weighted by Crippen LogP contribution is 2.26. The van der Waals surface area contributed by atoms with Gasteiger partial charge in [0.1, 0.15) is 23.1 Å². The largest absolute Gasteiger partial charge is 0.497 e. The number of hydrogen-bond donors (Lipinski definition) is 1. The third-order valence-corrected chi connectivity index (χ3v) is 5.12. The monoisotopic (exact) mass is 418 g/mol. The van der Waals surface area contributed by atoms with Crippen LogP contribution in [0.25, 0.3) is 0 Å². The number of thiazole rings is 1. The van der Waals surface area contributed by atoms with Gasteiger partial charge in [0, 0.05) is 30.0 Å². The van der Waals surface area contributed by atoms with E-state index in [0.29, 0.717) is 35.0 Å². The van der Waals surface area contributed by atoms with Crippen molar-refractivity contribution in [2.24, 2.45) is 0 Å². The van der Waals surface area contributed by atoms with Crippen molar-refractivity contribution in [2.75, 3.05) is 19.5 Å². The molecule has 0 spiro atoms. The molecule has 0 aliphatic heterocycles. The standard InChI is InChI=1S/C21H20F2N2O3S/c1-27-17-4-5-19(28-2)14(10-17)3-6-20(26)25-21-24-12-18(29-21)9-13-7-15(22)11-16(23)8-13/h4-5,7-8,10-12H,3,6,9H2,1-2H3,(H,24,25,26). The molecule has 0 bridgehead atoms. The van der Waals surface area contributed by atoms with Crippen LogP contribution in [0.1, 0.15) is 22.4 Å². The van der Waals surface area contributed by atoms with Crippen LogP contribution in [-0.4, -0.2) is 25.1 Å². The molecule has 2 aromatic carbocycles. The molecule has 3 aromatic rings. The van der Waals surface area contributed by atoms with Gasteiger partial charge in [-0.05, 0) is 47.9 Å². The van der Waals surface area contributed by atoms with Crippen LogP contribution in [0.2, 0.25) is 0 Å². The number of aromatic nitrogens is 1. The summed E-state index contributed by atoms with van der Waals surface area (Å²) in [4.78, 5) is 17.2. The van der Waals surface area contributed by atoms with Crippen molar-refractivity contribution in [3.05, 3.63) is 70.2 Å². The van der Waals surface area contributed by atoms with E-state index in [4.69, 9.17) is 9.47 Å². The number of nitrogens with one attached hydrogen (secondary N) is 1.